The smallest absolute Gasteiger partial charge is 0.304 e. The number of carbonyl (C=O) groups is 2. The first-order valence-electron chi connectivity index (χ1n) is 6.39. The van der Waals surface area contributed by atoms with Gasteiger partial charge in [-0.15, -0.1) is 0 Å². The average Bonchev–Trinajstić information content (AvgIpc) is 2.36. The molecule has 0 bridgehead atoms. The predicted octanol–water partition coefficient (Wildman–Crippen LogP) is 1.41. The monoisotopic (exact) mass is 298 g/mol. The molecule has 5 nitrogen and oxygen atoms in total. The number of hydrogen-bond donors (Lipinski definition) is 2. The van der Waals surface area contributed by atoms with Crippen molar-refractivity contribution < 1.29 is 14.7 Å². The van der Waals surface area contributed by atoms with Gasteiger partial charge in [-0.05, 0) is 31.2 Å². The fourth-order valence-electron chi connectivity index (χ4n) is 1.71. The van der Waals surface area contributed by atoms with Crippen molar-refractivity contribution in [2.75, 3.05) is 26.7 Å². The van der Waals surface area contributed by atoms with E-state index in [2.05, 4.69) is 5.32 Å². The van der Waals surface area contributed by atoms with E-state index in [1.807, 2.05) is 18.2 Å². The van der Waals surface area contributed by atoms with Gasteiger partial charge in [-0.25, -0.2) is 0 Å². The highest BCUT2D eigenvalue weighted by Gasteiger charge is 2.07. The average molecular weight is 299 g/mol. The maximum atomic E-state index is 11.6. The summed E-state index contributed by atoms with van der Waals surface area (Å²) in [5.74, 6) is -0.974. The highest BCUT2D eigenvalue weighted by Crippen LogP contribution is 2.10. The zero-order valence-corrected chi connectivity index (χ0v) is 12.2. The van der Waals surface area contributed by atoms with Gasteiger partial charge in [0.1, 0.15) is 0 Å². The van der Waals surface area contributed by atoms with Crippen LogP contribution in [0.3, 0.4) is 0 Å². The molecular weight excluding hydrogens is 280 g/mol. The summed E-state index contributed by atoms with van der Waals surface area (Å²) in [6.07, 6.45) is 0.747. The molecule has 0 aliphatic carbocycles. The molecule has 1 aromatic carbocycles. The van der Waals surface area contributed by atoms with Crippen molar-refractivity contribution in [3.05, 3.63) is 34.9 Å². The van der Waals surface area contributed by atoms with Gasteiger partial charge in [0, 0.05) is 18.1 Å². The summed E-state index contributed by atoms with van der Waals surface area (Å²) in [5.41, 5.74) is 1.07. The lowest BCUT2D eigenvalue weighted by atomic mass is 10.1. The molecule has 0 aliphatic rings. The molecule has 110 valence electrons. The quantitative estimate of drug-likeness (QED) is 0.761. The van der Waals surface area contributed by atoms with Crippen LogP contribution in [0.5, 0.6) is 0 Å². The van der Waals surface area contributed by atoms with Gasteiger partial charge >= 0.3 is 5.97 Å². The summed E-state index contributed by atoms with van der Waals surface area (Å²) in [7, 11) is 1.72. The summed E-state index contributed by atoms with van der Waals surface area (Å²) in [5, 5.41) is 12.0. The zero-order valence-electron chi connectivity index (χ0n) is 11.4. The molecule has 6 heteroatoms. The minimum Gasteiger partial charge on any atom is -0.481 e. The normalized spacial score (nSPS) is 10.6. The van der Waals surface area contributed by atoms with Crippen molar-refractivity contribution in [3.63, 3.8) is 0 Å². The van der Waals surface area contributed by atoms with E-state index in [1.54, 1.807) is 18.0 Å². The molecule has 20 heavy (non-hydrogen) atoms. The first kappa shape index (κ1) is 16.5. The Morgan fingerprint density at radius 2 is 2.15 bits per heavy atom. The van der Waals surface area contributed by atoms with Gasteiger partial charge in [-0.3, -0.25) is 14.5 Å². The van der Waals surface area contributed by atoms with E-state index in [9.17, 15) is 9.59 Å². The van der Waals surface area contributed by atoms with E-state index >= 15 is 0 Å². The first-order chi connectivity index (χ1) is 9.47. The van der Waals surface area contributed by atoms with Crippen LogP contribution in [0.1, 0.15) is 12.0 Å². The van der Waals surface area contributed by atoms with Gasteiger partial charge in [0.15, 0.2) is 0 Å². The van der Waals surface area contributed by atoms with Crippen molar-refractivity contribution >= 4 is 23.5 Å². The number of likely N-dealkylation sites (N-methyl/N-ethyl adjacent to an activating group) is 1. The number of carboxylic acid groups (broad SMARTS) is 1. The number of nitrogens with zero attached hydrogens (tertiary/aromatic N) is 1. The van der Waals surface area contributed by atoms with Crippen LogP contribution in [0.15, 0.2) is 24.3 Å². The van der Waals surface area contributed by atoms with Gasteiger partial charge in [-0.2, -0.15) is 0 Å². The minimum atomic E-state index is -0.863. The van der Waals surface area contributed by atoms with E-state index < -0.39 is 5.97 Å². The largest absolute Gasteiger partial charge is 0.481 e. The van der Waals surface area contributed by atoms with Crippen LogP contribution in [0, 0.1) is 0 Å². The number of aliphatic carboxylic acids is 1. The summed E-state index contributed by atoms with van der Waals surface area (Å²) in [6, 6.07) is 7.50. The van der Waals surface area contributed by atoms with Crippen LogP contribution >= 0.6 is 11.6 Å². The highest BCUT2D eigenvalue weighted by atomic mass is 35.5. The number of nitrogens with one attached hydrogen (secondary N) is 1. The molecule has 1 rings (SSSR count). The maximum Gasteiger partial charge on any atom is 0.304 e. The summed E-state index contributed by atoms with van der Waals surface area (Å²) < 4.78 is 0. The molecule has 0 saturated carbocycles. The predicted molar refractivity (Wildman–Crippen MR) is 77.9 cm³/mol. The van der Waals surface area contributed by atoms with E-state index in [1.165, 1.54) is 0 Å². The Kier molecular flexibility index (Phi) is 7.04. The van der Waals surface area contributed by atoms with Gasteiger partial charge in [0.05, 0.1) is 13.0 Å². The van der Waals surface area contributed by atoms with E-state index in [-0.39, 0.29) is 18.9 Å². The fourth-order valence-corrected chi connectivity index (χ4v) is 1.92. The Morgan fingerprint density at radius 3 is 2.80 bits per heavy atom. The van der Waals surface area contributed by atoms with Crippen molar-refractivity contribution in [3.8, 4) is 0 Å². The van der Waals surface area contributed by atoms with Gasteiger partial charge in [-0.1, -0.05) is 23.7 Å². The second kappa shape index (κ2) is 8.55. The number of halogens is 1. The molecule has 0 saturated heterocycles. The van der Waals surface area contributed by atoms with Gasteiger partial charge in [0.2, 0.25) is 5.91 Å². The fraction of sp³-hybridized carbons (Fsp3) is 0.429. The zero-order chi connectivity index (χ0) is 15.0. The molecule has 0 heterocycles. The minimum absolute atomic E-state index is 0.0340. The Balaban J connectivity index is 2.21. The van der Waals surface area contributed by atoms with Crippen LogP contribution in [-0.4, -0.2) is 48.6 Å². The molecule has 0 atom stereocenters. The Labute approximate surface area is 123 Å². The van der Waals surface area contributed by atoms with Crippen LogP contribution in [0.2, 0.25) is 5.02 Å². The number of rotatable bonds is 8. The number of carboxylic acids is 1. The second-order valence-corrected chi connectivity index (χ2v) is 5.05. The van der Waals surface area contributed by atoms with Crippen LogP contribution in [0.25, 0.3) is 0 Å². The number of amides is 1. The SMILES string of the molecule is CN(CCC(=O)O)CC(=O)NCCc1cccc(Cl)c1. The molecule has 0 aliphatic heterocycles. The molecule has 0 spiro atoms. The molecule has 1 amide bonds. The third-order valence-electron chi connectivity index (χ3n) is 2.75. The van der Waals surface area contributed by atoms with E-state index in [4.69, 9.17) is 16.7 Å². The maximum absolute atomic E-state index is 11.6. The van der Waals surface area contributed by atoms with Crippen LogP contribution in [-0.2, 0) is 16.0 Å². The lowest BCUT2D eigenvalue weighted by Gasteiger charge is -2.14. The lowest BCUT2D eigenvalue weighted by Crippen LogP contribution is -2.36. The van der Waals surface area contributed by atoms with Crippen molar-refractivity contribution in [1.82, 2.24) is 10.2 Å². The summed E-state index contributed by atoms with van der Waals surface area (Å²) >= 11 is 5.87. The van der Waals surface area contributed by atoms with Gasteiger partial charge < -0.3 is 10.4 Å². The lowest BCUT2D eigenvalue weighted by molar-refractivity contribution is -0.137. The molecular formula is C14H19ClN2O3. The standard InChI is InChI=1S/C14H19ClN2O3/c1-17(8-6-14(19)20)10-13(18)16-7-5-11-3-2-4-12(15)9-11/h2-4,9H,5-8,10H2,1H3,(H,16,18)(H,19,20). The second-order valence-electron chi connectivity index (χ2n) is 4.61. The van der Waals surface area contributed by atoms with E-state index in [0.29, 0.717) is 24.5 Å². The highest BCUT2D eigenvalue weighted by molar-refractivity contribution is 6.30. The van der Waals surface area contributed by atoms with Crippen molar-refractivity contribution in [2.24, 2.45) is 0 Å². The molecule has 1 aromatic rings. The molecule has 0 radical (unpaired) electrons. The number of carbonyl (C=O) groups excluding carboxylic acids is 1. The third kappa shape index (κ3) is 7.11. The van der Waals surface area contributed by atoms with Crippen LogP contribution in [0.4, 0.5) is 0 Å². The molecule has 2 N–H and O–H groups in total. The Bertz CT molecular complexity index is 465. The Hall–Kier alpha value is -1.59. The van der Waals surface area contributed by atoms with Crippen LogP contribution < -0.4 is 5.32 Å². The van der Waals surface area contributed by atoms with Gasteiger partial charge in [0.25, 0.3) is 0 Å². The Morgan fingerprint density at radius 1 is 1.40 bits per heavy atom. The topological polar surface area (TPSA) is 69.6 Å². The number of benzene rings is 1. The first-order valence-corrected chi connectivity index (χ1v) is 6.76. The molecule has 0 fully saturated rings. The molecule has 0 aromatic heterocycles. The number of hydrogen-bond acceptors (Lipinski definition) is 3. The summed E-state index contributed by atoms with van der Waals surface area (Å²) in [4.78, 5) is 23.7. The third-order valence-corrected chi connectivity index (χ3v) is 2.98. The van der Waals surface area contributed by atoms with Crippen molar-refractivity contribution in [1.29, 1.82) is 0 Å². The van der Waals surface area contributed by atoms with E-state index in [0.717, 1.165) is 5.56 Å². The van der Waals surface area contributed by atoms with Crippen molar-refractivity contribution in [2.45, 2.75) is 12.8 Å². The summed E-state index contributed by atoms with van der Waals surface area (Å²) in [6.45, 7) is 1.09. The molecule has 0 unspecified atom stereocenters.